The maximum atomic E-state index is 11.7. The molecule has 0 bridgehead atoms. The number of hydrogen-bond donors (Lipinski definition) is 0. The van der Waals surface area contributed by atoms with E-state index in [0.29, 0.717) is 27.8 Å². The second-order valence-corrected chi connectivity index (χ2v) is 3.90. The lowest BCUT2D eigenvalue weighted by atomic mass is 10.1. The predicted octanol–water partition coefficient (Wildman–Crippen LogP) is 3.35. The van der Waals surface area contributed by atoms with E-state index in [0.717, 1.165) is 0 Å². The first-order chi connectivity index (χ1) is 6.65. The third-order valence-electron chi connectivity index (χ3n) is 2.24. The molecule has 0 aliphatic carbocycles. The maximum absolute atomic E-state index is 11.7. The van der Waals surface area contributed by atoms with Crippen molar-refractivity contribution in [2.45, 2.75) is 19.4 Å². The van der Waals surface area contributed by atoms with Crippen molar-refractivity contribution in [2.24, 2.45) is 0 Å². The molecule has 4 heteroatoms. The number of hydrogen-bond acceptors (Lipinski definition) is 2. The molecule has 0 spiro atoms. The maximum Gasteiger partial charge on any atom is 0.207 e. The van der Waals surface area contributed by atoms with Crippen molar-refractivity contribution in [1.82, 2.24) is 0 Å². The van der Waals surface area contributed by atoms with E-state index in [-0.39, 0.29) is 5.78 Å². The molecule has 0 N–H and O–H groups in total. The molecule has 1 aromatic carbocycles. The summed E-state index contributed by atoms with van der Waals surface area (Å²) in [4.78, 5) is 11.7. The third-order valence-corrected chi connectivity index (χ3v) is 3.03. The van der Waals surface area contributed by atoms with Gasteiger partial charge in [0.25, 0.3) is 0 Å². The summed E-state index contributed by atoms with van der Waals surface area (Å²) in [5.74, 6) is 0.414. The lowest BCUT2D eigenvalue weighted by molar-refractivity contribution is 0.0853. The normalized spacial score (nSPS) is 19.4. The van der Waals surface area contributed by atoms with Crippen LogP contribution in [-0.4, -0.2) is 11.9 Å². The Hall–Kier alpha value is -0.730. The quantitative estimate of drug-likeness (QED) is 0.740. The number of ether oxygens (including phenoxy) is 1. The van der Waals surface area contributed by atoms with Gasteiger partial charge in [0.15, 0.2) is 11.9 Å². The van der Waals surface area contributed by atoms with Gasteiger partial charge in [-0.1, -0.05) is 30.1 Å². The highest BCUT2D eigenvalue weighted by Gasteiger charge is 2.33. The third kappa shape index (κ3) is 1.30. The molecule has 2 rings (SSSR count). The van der Waals surface area contributed by atoms with E-state index in [4.69, 9.17) is 27.9 Å². The average Bonchev–Trinajstić information content (AvgIpc) is 2.50. The van der Waals surface area contributed by atoms with Gasteiger partial charge in [-0.25, -0.2) is 0 Å². The Labute approximate surface area is 91.8 Å². The van der Waals surface area contributed by atoms with E-state index in [1.165, 1.54) is 0 Å². The molecular weight excluding hydrogens is 223 g/mol. The van der Waals surface area contributed by atoms with E-state index in [1.807, 2.05) is 6.92 Å². The van der Waals surface area contributed by atoms with Crippen LogP contribution in [0.25, 0.3) is 0 Å². The lowest BCUT2D eigenvalue weighted by Gasteiger charge is -2.06. The number of fused-ring (bicyclic) bond motifs is 1. The second kappa shape index (κ2) is 3.44. The van der Waals surface area contributed by atoms with Crippen molar-refractivity contribution in [3.63, 3.8) is 0 Å². The largest absolute Gasteiger partial charge is 0.480 e. The minimum absolute atomic E-state index is 0.0129. The van der Waals surface area contributed by atoms with Gasteiger partial charge >= 0.3 is 0 Å². The summed E-state index contributed by atoms with van der Waals surface area (Å²) in [6, 6.07) is 3.27. The van der Waals surface area contributed by atoms with Gasteiger partial charge in [-0.3, -0.25) is 4.79 Å². The van der Waals surface area contributed by atoms with E-state index in [9.17, 15) is 4.79 Å². The minimum Gasteiger partial charge on any atom is -0.480 e. The Morgan fingerprint density at radius 3 is 2.79 bits per heavy atom. The van der Waals surface area contributed by atoms with Crippen LogP contribution in [0.15, 0.2) is 12.1 Å². The van der Waals surface area contributed by atoms with Gasteiger partial charge in [0.1, 0.15) is 5.02 Å². The summed E-state index contributed by atoms with van der Waals surface area (Å²) >= 11 is 11.7. The van der Waals surface area contributed by atoms with Crippen LogP contribution in [-0.2, 0) is 0 Å². The molecule has 0 saturated carbocycles. The van der Waals surface area contributed by atoms with Crippen molar-refractivity contribution in [3.8, 4) is 5.75 Å². The van der Waals surface area contributed by atoms with Crippen LogP contribution < -0.4 is 4.74 Å². The summed E-state index contributed by atoms with van der Waals surface area (Å²) in [6.45, 7) is 1.89. The second-order valence-electron chi connectivity index (χ2n) is 3.12. The number of ketones is 1. The van der Waals surface area contributed by atoms with Crippen LogP contribution in [0.1, 0.15) is 23.7 Å². The van der Waals surface area contributed by atoms with Crippen LogP contribution in [0.2, 0.25) is 10.0 Å². The highest BCUT2D eigenvalue weighted by molar-refractivity contribution is 6.43. The van der Waals surface area contributed by atoms with Gasteiger partial charge in [0, 0.05) is 0 Å². The van der Waals surface area contributed by atoms with Gasteiger partial charge in [-0.2, -0.15) is 0 Å². The average molecular weight is 231 g/mol. The van der Waals surface area contributed by atoms with Crippen LogP contribution in [0.4, 0.5) is 0 Å². The molecule has 1 unspecified atom stereocenters. The van der Waals surface area contributed by atoms with Crippen LogP contribution in [0.3, 0.4) is 0 Å². The Morgan fingerprint density at radius 2 is 2.14 bits per heavy atom. The number of carbonyl (C=O) groups is 1. The van der Waals surface area contributed by atoms with Crippen LogP contribution in [0, 0.1) is 0 Å². The summed E-state index contributed by atoms with van der Waals surface area (Å²) in [5, 5.41) is 0.739. The zero-order valence-corrected chi connectivity index (χ0v) is 9.02. The molecule has 0 fully saturated rings. The molecule has 1 heterocycles. The Bertz CT molecular complexity index is 401. The Balaban J connectivity index is 2.53. The molecule has 2 nitrogen and oxygen atoms in total. The lowest BCUT2D eigenvalue weighted by Crippen LogP contribution is -2.18. The molecule has 1 aromatic rings. The van der Waals surface area contributed by atoms with Gasteiger partial charge in [-0.15, -0.1) is 0 Å². The van der Waals surface area contributed by atoms with E-state index in [2.05, 4.69) is 0 Å². The fraction of sp³-hybridized carbons (Fsp3) is 0.300. The number of carbonyl (C=O) groups excluding carboxylic acids is 1. The van der Waals surface area contributed by atoms with E-state index < -0.39 is 6.10 Å². The number of Topliss-reactive ketones (excluding diaryl/α,β-unsaturated/α-hetero) is 1. The highest BCUT2D eigenvalue weighted by atomic mass is 35.5. The predicted molar refractivity (Wildman–Crippen MR) is 55.5 cm³/mol. The zero-order valence-electron chi connectivity index (χ0n) is 7.51. The van der Waals surface area contributed by atoms with Crippen molar-refractivity contribution < 1.29 is 9.53 Å². The number of halogens is 2. The molecule has 0 aromatic heterocycles. The van der Waals surface area contributed by atoms with Crippen molar-refractivity contribution in [3.05, 3.63) is 27.7 Å². The topological polar surface area (TPSA) is 26.3 Å². The number of benzene rings is 1. The summed E-state index contributed by atoms with van der Waals surface area (Å²) in [7, 11) is 0. The molecule has 0 amide bonds. The fourth-order valence-corrected chi connectivity index (χ4v) is 1.84. The first-order valence-corrected chi connectivity index (χ1v) is 5.09. The molecule has 14 heavy (non-hydrogen) atoms. The van der Waals surface area contributed by atoms with Gasteiger partial charge in [0.2, 0.25) is 5.78 Å². The molecule has 1 aliphatic rings. The van der Waals surface area contributed by atoms with Gasteiger partial charge in [-0.05, 0) is 18.6 Å². The summed E-state index contributed by atoms with van der Waals surface area (Å²) in [6.07, 6.45) is 0.238. The smallest absolute Gasteiger partial charge is 0.207 e. The first kappa shape index (κ1) is 9.81. The van der Waals surface area contributed by atoms with Crippen LogP contribution in [0.5, 0.6) is 5.75 Å². The van der Waals surface area contributed by atoms with E-state index >= 15 is 0 Å². The molecule has 0 radical (unpaired) electrons. The molecule has 1 atom stereocenters. The summed E-state index contributed by atoms with van der Waals surface area (Å²) < 4.78 is 5.41. The summed E-state index contributed by atoms with van der Waals surface area (Å²) in [5.41, 5.74) is 0.534. The van der Waals surface area contributed by atoms with Crippen molar-refractivity contribution in [1.29, 1.82) is 0 Å². The SMILES string of the molecule is CCC1Oc2c(ccc(Cl)c2Cl)C1=O. The molecule has 0 saturated heterocycles. The molecule has 1 aliphatic heterocycles. The fourth-order valence-electron chi connectivity index (χ4n) is 1.48. The number of rotatable bonds is 1. The Kier molecular flexibility index (Phi) is 2.41. The van der Waals surface area contributed by atoms with E-state index in [1.54, 1.807) is 12.1 Å². The minimum atomic E-state index is -0.402. The van der Waals surface area contributed by atoms with Gasteiger partial charge < -0.3 is 4.74 Å². The standard InChI is InChI=1S/C10H8Cl2O2/c1-2-7-9(13)5-3-4-6(11)8(12)10(5)14-7/h3-4,7H,2H2,1H3. The van der Waals surface area contributed by atoms with Crippen LogP contribution >= 0.6 is 23.2 Å². The first-order valence-electron chi connectivity index (χ1n) is 4.34. The molecule has 74 valence electrons. The van der Waals surface area contributed by atoms with Gasteiger partial charge in [0.05, 0.1) is 10.6 Å². The van der Waals surface area contributed by atoms with Crippen molar-refractivity contribution in [2.75, 3.05) is 0 Å². The molecular formula is C10H8Cl2O2. The highest BCUT2D eigenvalue weighted by Crippen LogP contribution is 2.40. The zero-order chi connectivity index (χ0) is 10.3. The monoisotopic (exact) mass is 230 g/mol. The Morgan fingerprint density at radius 1 is 1.43 bits per heavy atom. The van der Waals surface area contributed by atoms with Crippen molar-refractivity contribution >= 4 is 29.0 Å².